The molecular weight excluding hydrogens is 368 g/mol. The van der Waals surface area contributed by atoms with Crippen LogP contribution in [0.25, 0.3) is 0 Å². The van der Waals surface area contributed by atoms with E-state index >= 15 is 0 Å². The number of nitrogens with zero attached hydrogens (tertiary/aromatic N) is 2. The number of pyridine rings is 1. The average molecular weight is 379 g/mol. The molecule has 1 aromatic carbocycles. The van der Waals surface area contributed by atoms with Crippen LogP contribution >= 0.6 is 11.8 Å². The zero-order valence-electron chi connectivity index (χ0n) is 12.6. The van der Waals surface area contributed by atoms with Gasteiger partial charge in [0, 0.05) is 36.1 Å². The first-order valence-electron chi connectivity index (χ1n) is 6.73. The Kier molecular flexibility index (Phi) is 5.61. The van der Waals surface area contributed by atoms with E-state index in [4.69, 9.17) is 0 Å². The molecule has 0 aliphatic rings. The van der Waals surface area contributed by atoms with Gasteiger partial charge in [0.25, 0.3) is 0 Å². The van der Waals surface area contributed by atoms with Gasteiger partial charge < -0.3 is 5.32 Å². The van der Waals surface area contributed by atoms with Gasteiger partial charge in [0.15, 0.2) is 0 Å². The van der Waals surface area contributed by atoms with Gasteiger partial charge in [0.1, 0.15) is 0 Å². The molecule has 1 aromatic heterocycles. The van der Waals surface area contributed by atoms with Crippen molar-refractivity contribution in [3.05, 3.63) is 47.8 Å². The second kappa shape index (κ2) is 7.34. The molecule has 0 aliphatic heterocycles. The Balaban J connectivity index is 2.39. The fourth-order valence-electron chi connectivity index (χ4n) is 1.87. The van der Waals surface area contributed by atoms with Crippen LogP contribution in [0.5, 0.6) is 0 Å². The van der Waals surface area contributed by atoms with Crippen LogP contribution in [0.4, 0.5) is 37.7 Å². The number of hydrogen-bond acceptors (Lipinski definition) is 4. The predicted molar refractivity (Wildman–Crippen MR) is 84.4 cm³/mol. The summed E-state index contributed by atoms with van der Waals surface area (Å²) >= 11 is -0.370. The van der Waals surface area contributed by atoms with E-state index in [1.54, 1.807) is 0 Å². The van der Waals surface area contributed by atoms with Gasteiger partial charge in [-0.05, 0) is 36.0 Å². The second-order valence-corrected chi connectivity index (χ2v) is 5.81. The lowest BCUT2D eigenvalue weighted by Gasteiger charge is -2.11. The third kappa shape index (κ3) is 5.38. The van der Waals surface area contributed by atoms with Crippen LogP contribution in [-0.2, 0) is 6.18 Å². The SMILES string of the molecule is CNc1ccc(C(F)(F)F)cc1N=Cc1ccncc1SC(F)(F)F. The molecule has 2 aromatic rings. The normalized spacial score (nSPS) is 12.6. The Labute approximate surface area is 143 Å². The quantitative estimate of drug-likeness (QED) is 0.433. The Bertz CT molecular complexity index is 771. The first kappa shape index (κ1) is 19.1. The van der Waals surface area contributed by atoms with Crippen molar-refractivity contribution in [2.75, 3.05) is 12.4 Å². The minimum atomic E-state index is -4.55. The highest BCUT2D eigenvalue weighted by molar-refractivity contribution is 8.00. The lowest BCUT2D eigenvalue weighted by molar-refractivity contribution is -0.137. The summed E-state index contributed by atoms with van der Waals surface area (Å²) in [7, 11) is 1.50. The van der Waals surface area contributed by atoms with E-state index in [1.807, 2.05) is 0 Å². The molecule has 0 unspecified atom stereocenters. The largest absolute Gasteiger partial charge is 0.446 e. The number of hydrogen-bond donors (Lipinski definition) is 1. The lowest BCUT2D eigenvalue weighted by Crippen LogP contribution is -2.05. The molecule has 3 nitrogen and oxygen atoms in total. The van der Waals surface area contributed by atoms with Crippen LogP contribution in [0.3, 0.4) is 0 Å². The van der Waals surface area contributed by atoms with Gasteiger partial charge in [-0.1, -0.05) is 0 Å². The number of nitrogens with one attached hydrogen (secondary N) is 1. The first-order chi connectivity index (χ1) is 11.6. The highest BCUT2D eigenvalue weighted by Crippen LogP contribution is 2.38. The van der Waals surface area contributed by atoms with Gasteiger partial charge in [-0.15, -0.1) is 0 Å². The van der Waals surface area contributed by atoms with Crippen LogP contribution in [0.15, 0.2) is 46.5 Å². The molecular formula is C15H11F6N3S. The van der Waals surface area contributed by atoms with Crippen molar-refractivity contribution < 1.29 is 26.3 Å². The van der Waals surface area contributed by atoms with Crippen molar-refractivity contribution in [1.29, 1.82) is 0 Å². The van der Waals surface area contributed by atoms with Crippen LogP contribution in [0.1, 0.15) is 11.1 Å². The standard InChI is InChI=1S/C15H11F6N3S/c1-22-11-3-2-10(14(16,17)18)6-12(11)24-7-9-4-5-23-8-13(9)25-15(19,20)21/h2-8,22H,1H3. The van der Waals surface area contributed by atoms with Gasteiger partial charge in [0.05, 0.1) is 16.9 Å². The van der Waals surface area contributed by atoms with Crippen molar-refractivity contribution in [2.24, 2.45) is 4.99 Å². The summed E-state index contributed by atoms with van der Waals surface area (Å²) in [5.74, 6) is 0. The van der Waals surface area contributed by atoms with Crippen molar-refractivity contribution in [1.82, 2.24) is 4.98 Å². The molecule has 0 aliphatic carbocycles. The molecule has 0 saturated heterocycles. The van der Waals surface area contributed by atoms with Crippen LogP contribution in [0, 0.1) is 0 Å². The fourth-order valence-corrected chi connectivity index (χ4v) is 2.47. The summed E-state index contributed by atoms with van der Waals surface area (Å²) in [6, 6.07) is 4.21. The van der Waals surface area contributed by atoms with Crippen LogP contribution in [0.2, 0.25) is 0 Å². The zero-order valence-corrected chi connectivity index (χ0v) is 13.4. The van der Waals surface area contributed by atoms with Gasteiger partial charge in [-0.2, -0.15) is 26.3 Å². The van der Waals surface area contributed by atoms with Gasteiger partial charge in [0.2, 0.25) is 0 Å². The molecule has 0 bridgehead atoms. The molecule has 1 N–H and O–H groups in total. The molecule has 10 heteroatoms. The van der Waals surface area contributed by atoms with Crippen LogP contribution in [-0.4, -0.2) is 23.8 Å². The van der Waals surface area contributed by atoms with Crippen molar-refractivity contribution in [2.45, 2.75) is 16.6 Å². The maximum atomic E-state index is 12.8. The summed E-state index contributed by atoms with van der Waals surface area (Å²) < 4.78 is 76.1. The highest BCUT2D eigenvalue weighted by atomic mass is 32.2. The van der Waals surface area contributed by atoms with E-state index < -0.39 is 17.2 Å². The van der Waals surface area contributed by atoms with Gasteiger partial charge >= 0.3 is 11.7 Å². The van der Waals surface area contributed by atoms with Gasteiger partial charge in [-0.25, -0.2) is 0 Å². The van der Waals surface area contributed by atoms with E-state index in [0.29, 0.717) is 5.69 Å². The molecule has 0 amide bonds. The Morgan fingerprint density at radius 2 is 1.84 bits per heavy atom. The number of rotatable bonds is 4. The number of anilines is 1. The molecule has 0 radical (unpaired) electrons. The monoisotopic (exact) mass is 379 g/mol. The fraction of sp³-hybridized carbons (Fsp3) is 0.200. The number of benzene rings is 1. The maximum Gasteiger partial charge on any atom is 0.446 e. The molecule has 0 saturated carbocycles. The third-order valence-electron chi connectivity index (χ3n) is 2.98. The molecule has 25 heavy (non-hydrogen) atoms. The van der Waals surface area contributed by atoms with Crippen molar-refractivity contribution in [3.63, 3.8) is 0 Å². The minimum absolute atomic E-state index is 0.0444. The molecule has 0 fully saturated rings. The zero-order chi connectivity index (χ0) is 18.7. The van der Waals surface area contributed by atoms with Gasteiger partial charge in [-0.3, -0.25) is 9.98 Å². The number of aromatic nitrogens is 1. The number of thioether (sulfide) groups is 1. The van der Waals surface area contributed by atoms with E-state index in [0.717, 1.165) is 24.5 Å². The summed E-state index contributed by atoms with van der Waals surface area (Å²) in [5.41, 5.74) is -5.06. The summed E-state index contributed by atoms with van der Waals surface area (Å²) in [6.07, 6.45) is -1.19. The Morgan fingerprint density at radius 1 is 1.12 bits per heavy atom. The molecule has 1 heterocycles. The smallest absolute Gasteiger partial charge is 0.386 e. The maximum absolute atomic E-state index is 12.8. The molecule has 0 spiro atoms. The highest BCUT2D eigenvalue weighted by Gasteiger charge is 2.31. The summed E-state index contributed by atoms with van der Waals surface area (Å²) in [6.45, 7) is 0. The number of halogens is 6. The van der Waals surface area contributed by atoms with E-state index in [9.17, 15) is 26.3 Å². The average Bonchev–Trinajstić information content (AvgIpc) is 2.51. The Morgan fingerprint density at radius 3 is 2.44 bits per heavy atom. The van der Waals surface area contributed by atoms with Crippen LogP contribution < -0.4 is 5.32 Å². The topological polar surface area (TPSA) is 37.3 Å². The molecule has 0 atom stereocenters. The third-order valence-corrected chi connectivity index (χ3v) is 3.77. The number of alkyl halides is 6. The van der Waals surface area contributed by atoms with Crippen molar-refractivity contribution >= 4 is 29.4 Å². The lowest BCUT2D eigenvalue weighted by atomic mass is 10.1. The van der Waals surface area contributed by atoms with E-state index in [2.05, 4.69) is 15.3 Å². The Hall–Kier alpha value is -2.23. The minimum Gasteiger partial charge on any atom is -0.386 e. The molecule has 2 rings (SSSR count). The summed E-state index contributed by atoms with van der Waals surface area (Å²) in [4.78, 5) is 7.34. The van der Waals surface area contributed by atoms with Crippen molar-refractivity contribution in [3.8, 4) is 0 Å². The van der Waals surface area contributed by atoms with E-state index in [1.165, 1.54) is 25.4 Å². The predicted octanol–water partition coefficient (Wildman–Crippen LogP) is 5.50. The number of aliphatic imine (C=N–C) groups is 1. The molecule has 134 valence electrons. The first-order valence-corrected chi connectivity index (χ1v) is 7.54. The summed E-state index contributed by atoms with van der Waals surface area (Å²) in [5, 5.41) is 2.68. The second-order valence-electron chi connectivity index (χ2n) is 4.70. The van der Waals surface area contributed by atoms with E-state index in [-0.39, 0.29) is 27.9 Å².